The number of piperazine rings is 1. The average molecular weight is 359 g/mol. The Kier molecular flexibility index (Phi) is 4.66. The standard InChI is InChI=1S/C19H23ClN4O/c20-16-7-5-14(6-8-16)17-13-18(22-21-17)23-9-11-24(12-10-23)19(25)15-3-1-2-4-15/h5-8,13,15H,1-4,9-12H2,(H,21,22). The third-order valence-corrected chi connectivity index (χ3v) is 5.59. The number of benzene rings is 1. The molecule has 1 amide bonds. The van der Waals surface area contributed by atoms with E-state index in [1.807, 2.05) is 29.2 Å². The first kappa shape index (κ1) is 16.5. The van der Waals surface area contributed by atoms with E-state index in [0.717, 1.165) is 61.1 Å². The van der Waals surface area contributed by atoms with Crippen LogP contribution >= 0.6 is 11.6 Å². The highest BCUT2D eigenvalue weighted by atomic mass is 35.5. The van der Waals surface area contributed by atoms with Crippen molar-refractivity contribution in [3.63, 3.8) is 0 Å². The number of anilines is 1. The molecule has 0 spiro atoms. The maximum Gasteiger partial charge on any atom is 0.225 e. The molecule has 25 heavy (non-hydrogen) atoms. The Balaban J connectivity index is 1.38. The van der Waals surface area contributed by atoms with E-state index >= 15 is 0 Å². The van der Waals surface area contributed by atoms with Gasteiger partial charge in [0.15, 0.2) is 5.82 Å². The Morgan fingerprint density at radius 3 is 2.44 bits per heavy atom. The SMILES string of the molecule is O=C(C1CCCC1)N1CCN(c2cc(-c3ccc(Cl)cc3)[nH]n2)CC1. The van der Waals surface area contributed by atoms with E-state index in [9.17, 15) is 4.79 Å². The van der Waals surface area contributed by atoms with Gasteiger partial charge in [0, 0.05) is 43.2 Å². The van der Waals surface area contributed by atoms with E-state index in [2.05, 4.69) is 21.2 Å². The van der Waals surface area contributed by atoms with Crippen molar-refractivity contribution in [1.82, 2.24) is 15.1 Å². The molecule has 1 aliphatic heterocycles. The lowest BCUT2D eigenvalue weighted by atomic mass is 10.1. The predicted octanol–water partition coefficient (Wildman–Crippen LogP) is 3.57. The Labute approximate surface area is 153 Å². The van der Waals surface area contributed by atoms with Crippen molar-refractivity contribution >= 4 is 23.3 Å². The van der Waals surface area contributed by atoms with Crippen molar-refractivity contribution in [2.45, 2.75) is 25.7 Å². The third kappa shape index (κ3) is 3.52. The molecule has 1 saturated heterocycles. The number of halogens is 1. The van der Waals surface area contributed by atoms with E-state index < -0.39 is 0 Å². The quantitative estimate of drug-likeness (QED) is 0.912. The fourth-order valence-electron chi connectivity index (χ4n) is 3.84. The lowest BCUT2D eigenvalue weighted by molar-refractivity contribution is -0.135. The summed E-state index contributed by atoms with van der Waals surface area (Å²) < 4.78 is 0. The Morgan fingerprint density at radius 1 is 1.08 bits per heavy atom. The second-order valence-corrected chi connectivity index (χ2v) is 7.38. The summed E-state index contributed by atoms with van der Waals surface area (Å²) in [5.41, 5.74) is 2.05. The molecule has 0 atom stereocenters. The van der Waals surface area contributed by atoms with Crippen molar-refractivity contribution in [1.29, 1.82) is 0 Å². The number of H-pyrrole nitrogens is 1. The maximum absolute atomic E-state index is 12.5. The molecule has 1 aromatic heterocycles. The molecule has 132 valence electrons. The molecule has 5 nitrogen and oxygen atoms in total. The van der Waals surface area contributed by atoms with Crippen molar-refractivity contribution in [2.24, 2.45) is 5.92 Å². The van der Waals surface area contributed by atoms with E-state index in [1.54, 1.807) is 0 Å². The predicted molar refractivity (Wildman–Crippen MR) is 99.8 cm³/mol. The van der Waals surface area contributed by atoms with Gasteiger partial charge in [0.25, 0.3) is 0 Å². The van der Waals surface area contributed by atoms with Gasteiger partial charge in [-0.25, -0.2) is 0 Å². The molecule has 1 aliphatic carbocycles. The molecule has 4 rings (SSSR count). The molecule has 1 aromatic carbocycles. The van der Waals surface area contributed by atoms with Crippen molar-refractivity contribution in [3.05, 3.63) is 35.4 Å². The molecular weight excluding hydrogens is 336 g/mol. The monoisotopic (exact) mass is 358 g/mol. The van der Waals surface area contributed by atoms with Crippen LogP contribution in [0, 0.1) is 5.92 Å². The van der Waals surface area contributed by atoms with Crippen molar-refractivity contribution < 1.29 is 4.79 Å². The number of hydrogen-bond donors (Lipinski definition) is 1. The van der Waals surface area contributed by atoms with E-state index in [4.69, 9.17) is 11.6 Å². The number of hydrogen-bond acceptors (Lipinski definition) is 3. The van der Waals surface area contributed by atoms with Crippen LogP contribution in [-0.4, -0.2) is 47.2 Å². The second-order valence-electron chi connectivity index (χ2n) is 6.94. The van der Waals surface area contributed by atoms with Gasteiger partial charge in [0.2, 0.25) is 5.91 Å². The van der Waals surface area contributed by atoms with Crippen LogP contribution in [0.15, 0.2) is 30.3 Å². The molecule has 0 unspecified atom stereocenters. The number of nitrogens with one attached hydrogen (secondary N) is 1. The van der Waals surface area contributed by atoms with E-state index in [-0.39, 0.29) is 5.92 Å². The summed E-state index contributed by atoms with van der Waals surface area (Å²) in [6.45, 7) is 3.25. The van der Waals surface area contributed by atoms with Crippen LogP contribution in [0.3, 0.4) is 0 Å². The first-order valence-corrected chi connectivity index (χ1v) is 9.43. The van der Waals surface area contributed by atoms with E-state index in [1.165, 1.54) is 12.8 Å². The Hall–Kier alpha value is -2.01. The largest absolute Gasteiger partial charge is 0.352 e. The van der Waals surface area contributed by atoms with Crippen LogP contribution in [0.2, 0.25) is 5.02 Å². The summed E-state index contributed by atoms with van der Waals surface area (Å²) in [6.07, 6.45) is 4.56. The van der Waals surface area contributed by atoms with Crippen LogP contribution in [0.25, 0.3) is 11.3 Å². The highest BCUT2D eigenvalue weighted by Crippen LogP contribution is 2.28. The van der Waals surface area contributed by atoms with Gasteiger partial charge in [-0.15, -0.1) is 0 Å². The van der Waals surface area contributed by atoms with Gasteiger partial charge < -0.3 is 9.80 Å². The number of amides is 1. The molecule has 2 aromatic rings. The summed E-state index contributed by atoms with van der Waals surface area (Å²) in [5.74, 6) is 1.58. The fourth-order valence-corrected chi connectivity index (χ4v) is 3.96. The topological polar surface area (TPSA) is 52.2 Å². The van der Waals surface area contributed by atoms with Crippen LogP contribution in [0.4, 0.5) is 5.82 Å². The normalized spacial score (nSPS) is 18.8. The molecule has 2 fully saturated rings. The Morgan fingerprint density at radius 2 is 1.76 bits per heavy atom. The number of carbonyl (C=O) groups is 1. The Bertz CT molecular complexity index is 728. The number of aromatic amines is 1. The third-order valence-electron chi connectivity index (χ3n) is 5.34. The molecule has 0 bridgehead atoms. The van der Waals surface area contributed by atoms with Crippen LogP contribution < -0.4 is 4.90 Å². The molecule has 1 N–H and O–H groups in total. The van der Waals surface area contributed by atoms with Crippen molar-refractivity contribution in [3.8, 4) is 11.3 Å². The number of carbonyl (C=O) groups excluding carboxylic acids is 1. The summed E-state index contributed by atoms with van der Waals surface area (Å²) in [5, 5.41) is 8.28. The number of nitrogens with zero attached hydrogens (tertiary/aromatic N) is 3. The van der Waals surface area contributed by atoms with Crippen LogP contribution in [-0.2, 0) is 4.79 Å². The molecule has 0 radical (unpaired) electrons. The number of aromatic nitrogens is 2. The lowest BCUT2D eigenvalue weighted by Crippen LogP contribution is -2.50. The lowest BCUT2D eigenvalue weighted by Gasteiger charge is -2.36. The first-order valence-electron chi connectivity index (χ1n) is 9.06. The summed E-state index contributed by atoms with van der Waals surface area (Å²) in [7, 11) is 0. The van der Waals surface area contributed by atoms with Gasteiger partial charge in [-0.05, 0) is 30.5 Å². The first-order chi connectivity index (χ1) is 12.2. The van der Waals surface area contributed by atoms with Crippen molar-refractivity contribution in [2.75, 3.05) is 31.1 Å². The van der Waals surface area contributed by atoms with Gasteiger partial charge in [-0.3, -0.25) is 9.89 Å². The summed E-state index contributed by atoms with van der Waals surface area (Å²) in [6, 6.07) is 9.79. The van der Waals surface area contributed by atoms with Gasteiger partial charge in [-0.1, -0.05) is 36.6 Å². The zero-order chi connectivity index (χ0) is 17.2. The van der Waals surface area contributed by atoms with Gasteiger partial charge in [0.1, 0.15) is 0 Å². The van der Waals surface area contributed by atoms with Crippen LogP contribution in [0.1, 0.15) is 25.7 Å². The van der Waals surface area contributed by atoms with Gasteiger partial charge >= 0.3 is 0 Å². The molecule has 6 heteroatoms. The molecule has 2 heterocycles. The molecule has 1 saturated carbocycles. The minimum absolute atomic E-state index is 0.272. The fraction of sp³-hybridized carbons (Fsp3) is 0.474. The minimum Gasteiger partial charge on any atom is -0.352 e. The zero-order valence-electron chi connectivity index (χ0n) is 14.2. The second kappa shape index (κ2) is 7.08. The average Bonchev–Trinajstić information content (AvgIpc) is 3.34. The summed E-state index contributed by atoms with van der Waals surface area (Å²) in [4.78, 5) is 16.8. The van der Waals surface area contributed by atoms with Crippen LogP contribution in [0.5, 0.6) is 0 Å². The molecule has 2 aliphatic rings. The summed E-state index contributed by atoms with van der Waals surface area (Å²) >= 11 is 5.95. The highest BCUT2D eigenvalue weighted by molar-refractivity contribution is 6.30. The molecular formula is C19H23ClN4O. The zero-order valence-corrected chi connectivity index (χ0v) is 15.0. The van der Waals surface area contributed by atoms with Gasteiger partial charge in [-0.2, -0.15) is 5.10 Å². The minimum atomic E-state index is 0.272. The van der Waals surface area contributed by atoms with E-state index in [0.29, 0.717) is 5.91 Å². The number of rotatable bonds is 3. The van der Waals surface area contributed by atoms with Gasteiger partial charge in [0.05, 0.1) is 5.69 Å². The highest BCUT2D eigenvalue weighted by Gasteiger charge is 2.29. The maximum atomic E-state index is 12.5. The smallest absolute Gasteiger partial charge is 0.225 e.